The molecule has 0 unspecified atom stereocenters. The zero-order chi connectivity index (χ0) is 7.52. The maximum absolute atomic E-state index is 4.17. The third kappa shape index (κ3) is 1.28. The molecule has 2 rings (SSSR count). The Morgan fingerprint density at radius 3 is 2.73 bits per heavy atom. The van der Waals surface area contributed by atoms with Crippen LogP contribution in [0.15, 0.2) is 36.0 Å². The van der Waals surface area contributed by atoms with E-state index in [2.05, 4.69) is 9.97 Å². The molecular formula is C8H6N2S. The topological polar surface area (TPSA) is 25.8 Å². The molecule has 0 saturated carbocycles. The van der Waals surface area contributed by atoms with Gasteiger partial charge in [-0.15, -0.1) is 11.3 Å². The molecule has 3 heteroatoms. The lowest BCUT2D eigenvalue weighted by Crippen LogP contribution is -1.78. The summed E-state index contributed by atoms with van der Waals surface area (Å²) < 4.78 is 0. The molecule has 0 aromatic carbocycles. The minimum absolute atomic E-state index is 0.947. The third-order valence-electron chi connectivity index (χ3n) is 1.32. The van der Waals surface area contributed by atoms with Crippen molar-refractivity contribution in [3.05, 3.63) is 36.0 Å². The number of rotatable bonds is 1. The standard InChI is InChI=1S/C8H6N2S/c1-2-4-9-7(3-1)8-10-5-6-11-8/h1-6H. The second-order valence-electron chi connectivity index (χ2n) is 2.05. The predicted octanol–water partition coefficient (Wildman–Crippen LogP) is 2.21. The van der Waals surface area contributed by atoms with Gasteiger partial charge in [-0.3, -0.25) is 4.98 Å². The highest BCUT2D eigenvalue weighted by Gasteiger charge is 1.97. The largest absolute Gasteiger partial charge is 0.254 e. The van der Waals surface area contributed by atoms with E-state index in [1.807, 2.05) is 23.6 Å². The Bertz CT molecular complexity index is 315. The lowest BCUT2D eigenvalue weighted by Gasteiger charge is -1.90. The zero-order valence-electron chi connectivity index (χ0n) is 5.77. The predicted molar refractivity (Wildman–Crippen MR) is 45.3 cm³/mol. The fourth-order valence-corrected chi connectivity index (χ4v) is 1.45. The highest BCUT2D eigenvalue weighted by Crippen LogP contribution is 2.17. The molecule has 2 aromatic heterocycles. The number of thiazole rings is 1. The molecule has 2 aromatic rings. The summed E-state index contributed by atoms with van der Waals surface area (Å²) in [5, 5.41) is 2.93. The molecule has 0 amide bonds. The van der Waals surface area contributed by atoms with Crippen LogP contribution in [0.1, 0.15) is 0 Å². The van der Waals surface area contributed by atoms with Crippen molar-refractivity contribution in [2.45, 2.75) is 0 Å². The van der Waals surface area contributed by atoms with Crippen molar-refractivity contribution in [2.24, 2.45) is 0 Å². The maximum Gasteiger partial charge on any atom is 0.141 e. The highest BCUT2D eigenvalue weighted by molar-refractivity contribution is 7.13. The second-order valence-corrected chi connectivity index (χ2v) is 2.95. The van der Waals surface area contributed by atoms with Crippen molar-refractivity contribution in [3.63, 3.8) is 0 Å². The minimum Gasteiger partial charge on any atom is -0.254 e. The summed E-state index contributed by atoms with van der Waals surface area (Å²) in [7, 11) is 0. The van der Waals surface area contributed by atoms with E-state index in [-0.39, 0.29) is 0 Å². The SMILES string of the molecule is c1ccc(-c2nccs2)nc1. The van der Waals surface area contributed by atoms with Crippen LogP contribution in [0.25, 0.3) is 10.7 Å². The molecule has 0 aliphatic heterocycles. The highest BCUT2D eigenvalue weighted by atomic mass is 32.1. The van der Waals surface area contributed by atoms with E-state index in [0.29, 0.717) is 0 Å². The van der Waals surface area contributed by atoms with E-state index in [1.54, 1.807) is 23.7 Å². The van der Waals surface area contributed by atoms with Gasteiger partial charge in [0.1, 0.15) is 5.01 Å². The molecule has 0 saturated heterocycles. The molecule has 0 aliphatic rings. The summed E-state index contributed by atoms with van der Waals surface area (Å²) in [5.41, 5.74) is 0.947. The smallest absolute Gasteiger partial charge is 0.141 e. The molecule has 2 nitrogen and oxygen atoms in total. The molecule has 0 N–H and O–H groups in total. The Morgan fingerprint density at radius 2 is 2.09 bits per heavy atom. The Kier molecular flexibility index (Phi) is 1.65. The fraction of sp³-hybridized carbons (Fsp3) is 0. The molecule has 0 fully saturated rings. The van der Waals surface area contributed by atoms with Crippen molar-refractivity contribution in [1.29, 1.82) is 0 Å². The van der Waals surface area contributed by atoms with Gasteiger partial charge in [0, 0.05) is 17.8 Å². The van der Waals surface area contributed by atoms with Gasteiger partial charge in [-0.25, -0.2) is 4.98 Å². The zero-order valence-corrected chi connectivity index (χ0v) is 6.58. The molecule has 0 spiro atoms. The van der Waals surface area contributed by atoms with Crippen molar-refractivity contribution in [3.8, 4) is 10.7 Å². The van der Waals surface area contributed by atoms with Crippen LogP contribution in [0.2, 0.25) is 0 Å². The molecule has 0 atom stereocenters. The van der Waals surface area contributed by atoms with Crippen molar-refractivity contribution >= 4 is 11.3 Å². The summed E-state index contributed by atoms with van der Waals surface area (Å²) in [6, 6.07) is 5.82. The monoisotopic (exact) mass is 162 g/mol. The Hall–Kier alpha value is -1.22. The van der Waals surface area contributed by atoms with Crippen LogP contribution in [-0.2, 0) is 0 Å². The lowest BCUT2D eigenvalue weighted by atomic mass is 10.4. The van der Waals surface area contributed by atoms with E-state index in [1.165, 1.54) is 0 Å². The minimum atomic E-state index is 0.947. The normalized spacial score (nSPS) is 9.82. The summed E-state index contributed by atoms with van der Waals surface area (Å²) in [6.45, 7) is 0. The summed E-state index contributed by atoms with van der Waals surface area (Å²) in [4.78, 5) is 8.31. The third-order valence-corrected chi connectivity index (χ3v) is 2.11. The van der Waals surface area contributed by atoms with Gasteiger partial charge in [0.25, 0.3) is 0 Å². The van der Waals surface area contributed by atoms with Gasteiger partial charge < -0.3 is 0 Å². The number of nitrogens with zero attached hydrogens (tertiary/aromatic N) is 2. The Morgan fingerprint density at radius 1 is 1.09 bits per heavy atom. The maximum atomic E-state index is 4.17. The molecule has 0 bridgehead atoms. The second kappa shape index (κ2) is 2.80. The summed E-state index contributed by atoms with van der Waals surface area (Å²) in [6.07, 6.45) is 3.56. The summed E-state index contributed by atoms with van der Waals surface area (Å²) in [5.74, 6) is 0. The molecule has 2 heterocycles. The first-order chi connectivity index (χ1) is 5.47. The van der Waals surface area contributed by atoms with Crippen LogP contribution in [0.4, 0.5) is 0 Å². The van der Waals surface area contributed by atoms with Crippen molar-refractivity contribution in [1.82, 2.24) is 9.97 Å². The first kappa shape index (κ1) is 6.49. The molecular weight excluding hydrogens is 156 g/mol. The first-order valence-corrected chi connectivity index (χ1v) is 4.16. The van der Waals surface area contributed by atoms with Crippen LogP contribution in [0, 0.1) is 0 Å². The van der Waals surface area contributed by atoms with Gasteiger partial charge >= 0.3 is 0 Å². The van der Waals surface area contributed by atoms with Crippen LogP contribution >= 0.6 is 11.3 Å². The summed E-state index contributed by atoms with van der Waals surface area (Å²) >= 11 is 1.60. The quantitative estimate of drug-likeness (QED) is 0.642. The van der Waals surface area contributed by atoms with Crippen molar-refractivity contribution in [2.75, 3.05) is 0 Å². The van der Waals surface area contributed by atoms with Crippen LogP contribution < -0.4 is 0 Å². The first-order valence-electron chi connectivity index (χ1n) is 3.28. The number of hydrogen-bond donors (Lipinski definition) is 0. The van der Waals surface area contributed by atoms with Crippen molar-refractivity contribution < 1.29 is 0 Å². The van der Waals surface area contributed by atoms with E-state index >= 15 is 0 Å². The van der Waals surface area contributed by atoms with E-state index in [9.17, 15) is 0 Å². The number of pyridine rings is 1. The van der Waals surface area contributed by atoms with E-state index in [0.717, 1.165) is 10.7 Å². The molecule has 0 radical (unpaired) electrons. The number of aromatic nitrogens is 2. The van der Waals surface area contributed by atoms with Gasteiger partial charge in [0.05, 0.1) is 5.69 Å². The van der Waals surface area contributed by atoms with E-state index in [4.69, 9.17) is 0 Å². The Labute approximate surface area is 68.6 Å². The van der Waals surface area contributed by atoms with Crippen LogP contribution in [0.3, 0.4) is 0 Å². The van der Waals surface area contributed by atoms with Crippen LogP contribution in [0.5, 0.6) is 0 Å². The van der Waals surface area contributed by atoms with Gasteiger partial charge in [0.15, 0.2) is 0 Å². The molecule has 11 heavy (non-hydrogen) atoms. The van der Waals surface area contributed by atoms with Gasteiger partial charge in [-0.2, -0.15) is 0 Å². The molecule has 54 valence electrons. The average molecular weight is 162 g/mol. The number of hydrogen-bond acceptors (Lipinski definition) is 3. The lowest BCUT2D eigenvalue weighted by molar-refractivity contribution is 1.29. The van der Waals surface area contributed by atoms with Gasteiger partial charge in [-0.05, 0) is 12.1 Å². The fourth-order valence-electron chi connectivity index (χ4n) is 0.839. The van der Waals surface area contributed by atoms with Gasteiger partial charge in [-0.1, -0.05) is 6.07 Å². The van der Waals surface area contributed by atoms with Gasteiger partial charge in [0.2, 0.25) is 0 Å². The average Bonchev–Trinajstić information content (AvgIpc) is 2.58. The van der Waals surface area contributed by atoms with E-state index < -0.39 is 0 Å². The Balaban J connectivity index is 2.46. The van der Waals surface area contributed by atoms with Crippen LogP contribution in [-0.4, -0.2) is 9.97 Å². The molecule has 0 aliphatic carbocycles.